The first-order valence-electron chi connectivity index (χ1n) is 8.17. The van der Waals surface area contributed by atoms with Gasteiger partial charge in [0.1, 0.15) is 0 Å². The minimum Gasteiger partial charge on any atom is -0.322 e. The van der Waals surface area contributed by atoms with Crippen LogP contribution in [0, 0.1) is 10.1 Å². The average molecular weight is 389 g/mol. The van der Waals surface area contributed by atoms with E-state index in [1.165, 1.54) is 24.3 Å². The largest absolute Gasteiger partial charge is 0.322 e. The van der Waals surface area contributed by atoms with Crippen LogP contribution in [0.5, 0.6) is 0 Å². The van der Waals surface area contributed by atoms with Crippen molar-refractivity contribution in [3.8, 4) is 0 Å². The van der Waals surface area contributed by atoms with Crippen LogP contribution in [0.2, 0.25) is 0 Å². The van der Waals surface area contributed by atoms with Crippen molar-refractivity contribution >= 4 is 40.6 Å². The van der Waals surface area contributed by atoms with Crippen molar-refractivity contribution in [3.05, 3.63) is 58.6 Å². The number of hydrogen-bond acceptors (Lipinski definition) is 5. The van der Waals surface area contributed by atoms with E-state index in [1.807, 2.05) is 30.5 Å². The Morgan fingerprint density at radius 2 is 1.63 bits per heavy atom. The quantitative estimate of drug-likeness (QED) is 0.360. The Kier molecular flexibility index (Phi) is 7.33. The molecule has 142 valence electrons. The molecule has 0 saturated carbocycles. The van der Waals surface area contributed by atoms with E-state index in [1.54, 1.807) is 18.8 Å². The van der Waals surface area contributed by atoms with Gasteiger partial charge in [0.2, 0.25) is 0 Å². The Labute approximate surface area is 161 Å². The fourth-order valence-corrected chi connectivity index (χ4v) is 2.98. The van der Waals surface area contributed by atoms with Crippen LogP contribution < -0.4 is 15.5 Å². The number of carbonyl (C=O) groups is 2. The number of nitrogens with one attached hydrogen (secondary N) is 3. The van der Waals surface area contributed by atoms with Gasteiger partial charge >= 0.3 is 0 Å². The monoisotopic (exact) mass is 389 g/mol. The second-order valence-corrected chi connectivity index (χ2v) is 6.76. The number of hydrogen-bond donors (Lipinski definition) is 3. The van der Waals surface area contributed by atoms with Gasteiger partial charge < -0.3 is 15.5 Å². The van der Waals surface area contributed by atoms with Gasteiger partial charge in [0.05, 0.1) is 17.7 Å². The van der Waals surface area contributed by atoms with Crippen LogP contribution in [0.3, 0.4) is 0 Å². The third kappa shape index (κ3) is 6.39. The number of quaternary nitrogens is 1. The van der Waals surface area contributed by atoms with E-state index in [4.69, 9.17) is 0 Å². The van der Waals surface area contributed by atoms with E-state index in [0.29, 0.717) is 10.6 Å². The number of amides is 2. The zero-order chi connectivity index (χ0) is 19.8. The van der Waals surface area contributed by atoms with E-state index < -0.39 is 4.92 Å². The first-order valence-corrected chi connectivity index (χ1v) is 9.40. The maximum Gasteiger partial charge on any atom is 0.279 e. The molecule has 0 aliphatic carbocycles. The van der Waals surface area contributed by atoms with Gasteiger partial charge in [0.25, 0.3) is 17.5 Å². The number of nitrogens with zero attached hydrogens (tertiary/aromatic N) is 1. The molecule has 1 unspecified atom stereocenters. The molecule has 0 aliphatic heterocycles. The van der Waals surface area contributed by atoms with Gasteiger partial charge in [-0.3, -0.25) is 19.7 Å². The summed E-state index contributed by atoms with van der Waals surface area (Å²) in [4.78, 5) is 36.1. The SMILES string of the molecule is CSc1ccccc1NC(=O)C[NH+](C)CC(=O)Nc1ccc([N+](=O)[O-])cc1. The highest BCUT2D eigenvalue weighted by Gasteiger charge is 2.15. The van der Waals surface area contributed by atoms with E-state index >= 15 is 0 Å². The fourth-order valence-electron chi connectivity index (χ4n) is 2.42. The molecule has 0 radical (unpaired) electrons. The zero-order valence-corrected chi connectivity index (χ0v) is 15.8. The highest BCUT2D eigenvalue weighted by Crippen LogP contribution is 2.24. The van der Waals surface area contributed by atoms with Crippen LogP contribution in [-0.4, -0.2) is 43.1 Å². The van der Waals surface area contributed by atoms with E-state index in [2.05, 4.69) is 10.6 Å². The number of non-ortho nitro benzene ring substituents is 1. The number of benzene rings is 2. The molecule has 0 heterocycles. The number of anilines is 2. The Morgan fingerprint density at radius 3 is 2.22 bits per heavy atom. The van der Waals surface area contributed by atoms with Crippen molar-refractivity contribution in [2.45, 2.75) is 4.90 Å². The molecule has 0 spiro atoms. The minimum atomic E-state index is -0.503. The second kappa shape index (κ2) is 9.70. The lowest BCUT2D eigenvalue weighted by atomic mass is 10.3. The summed E-state index contributed by atoms with van der Waals surface area (Å²) in [6, 6.07) is 13.1. The number of rotatable bonds is 8. The summed E-state index contributed by atoms with van der Waals surface area (Å²) >= 11 is 1.54. The average Bonchev–Trinajstić information content (AvgIpc) is 2.62. The summed E-state index contributed by atoms with van der Waals surface area (Å²) in [5.41, 5.74) is 1.17. The van der Waals surface area contributed by atoms with E-state index in [0.717, 1.165) is 10.6 Å². The third-order valence-electron chi connectivity index (χ3n) is 3.67. The van der Waals surface area contributed by atoms with Crippen LogP contribution in [0.25, 0.3) is 0 Å². The molecular weight excluding hydrogens is 368 g/mol. The number of para-hydroxylation sites is 1. The molecule has 9 heteroatoms. The fraction of sp³-hybridized carbons (Fsp3) is 0.222. The Morgan fingerprint density at radius 1 is 1.04 bits per heavy atom. The molecular formula is C18H21N4O4S+. The molecule has 0 saturated heterocycles. The maximum atomic E-state index is 12.2. The van der Waals surface area contributed by atoms with E-state index in [-0.39, 0.29) is 30.6 Å². The predicted octanol–water partition coefficient (Wildman–Crippen LogP) is 1.41. The van der Waals surface area contributed by atoms with Crippen molar-refractivity contribution in [1.29, 1.82) is 0 Å². The van der Waals surface area contributed by atoms with E-state index in [9.17, 15) is 19.7 Å². The zero-order valence-electron chi connectivity index (χ0n) is 15.0. The normalized spacial score (nSPS) is 11.5. The van der Waals surface area contributed by atoms with Gasteiger partial charge in [-0.15, -0.1) is 11.8 Å². The van der Waals surface area contributed by atoms with Crippen molar-refractivity contribution in [3.63, 3.8) is 0 Å². The highest BCUT2D eigenvalue weighted by atomic mass is 32.2. The lowest BCUT2D eigenvalue weighted by Crippen LogP contribution is -3.11. The molecule has 2 rings (SSSR count). The van der Waals surface area contributed by atoms with Gasteiger partial charge in [0.15, 0.2) is 13.1 Å². The van der Waals surface area contributed by atoms with Crippen molar-refractivity contribution in [2.24, 2.45) is 0 Å². The molecule has 3 N–H and O–H groups in total. The third-order valence-corrected chi connectivity index (χ3v) is 4.46. The highest BCUT2D eigenvalue weighted by molar-refractivity contribution is 7.98. The first-order chi connectivity index (χ1) is 12.9. The molecule has 0 fully saturated rings. The minimum absolute atomic E-state index is 0.0436. The summed E-state index contributed by atoms with van der Waals surface area (Å²) in [6.45, 7) is 0.227. The van der Waals surface area contributed by atoms with Gasteiger partial charge in [-0.1, -0.05) is 12.1 Å². The molecule has 0 bridgehead atoms. The smallest absolute Gasteiger partial charge is 0.279 e. The summed E-state index contributed by atoms with van der Waals surface area (Å²) in [5.74, 6) is -0.462. The molecule has 27 heavy (non-hydrogen) atoms. The Balaban J connectivity index is 1.83. The van der Waals surface area contributed by atoms with Crippen molar-refractivity contribution in [2.75, 3.05) is 37.0 Å². The van der Waals surface area contributed by atoms with Crippen LogP contribution in [-0.2, 0) is 9.59 Å². The first kappa shape index (κ1) is 20.4. The molecule has 2 aromatic rings. The van der Waals surface area contributed by atoms with Gasteiger partial charge in [-0.05, 0) is 30.5 Å². The Hall–Kier alpha value is -2.91. The lowest BCUT2D eigenvalue weighted by molar-refractivity contribution is -0.862. The summed E-state index contributed by atoms with van der Waals surface area (Å²) in [7, 11) is 1.75. The molecule has 8 nitrogen and oxygen atoms in total. The predicted molar refractivity (Wildman–Crippen MR) is 105 cm³/mol. The van der Waals surface area contributed by atoms with Crippen LogP contribution in [0.4, 0.5) is 17.1 Å². The van der Waals surface area contributed by atoms with Gasteiger partial charge in [0, 0.05) is 22.7 Å². The molecule has 2 aromatic carbocycles. The van der Waals surface area contributed by atoms with Crippen LogP contribution in [0.1, 0.15) is 0 Å². The van der Waals surface area contributed by atoms with Crippen LogP contribution in [0.15, 0.2) is 53.4 Å². The maximum absolute atomic E-state index is 12.2. The lowest BCUT2D eigenvalue weighted by Gasteiger charge is -2.14. The second-order valence-electron chi connectivity index (χ2n) is 5.91. The molecule has 0 aromatic heterocycles. The standard InChI is InChI=1S/C18H20N4O4S/c1-21(12-18(24)20-15-5-3-4-6-16(15)27-2)11-17(23)19-13-7-9-14(10-8-13)22(25)26/h3-10H,11-12H2,1-2H3,(H,19,23)(H,20,24)/p+1. The van der Waals surface area contributed by atoms with Crippen LogP contribution >= 0.6 is 11.8 Å². The topological polar surface area (TPSA) is 106 Å². The molecule has 0 aliphatic rings. The van der Waals surface area contributed by atoms with Gasteiger partial charge in [-0.2, -0.15) is 0 Å². The number of thioether (sulfide) groups is 1. The molecule has 1 atom stereocenters. The summed E-state index contributed by atoms with van der Waals surface area (Å²) in [5, 5.41) is 16.1. The van der Waals surface area contributed by atoms with Crippen molar-refractivity contribution < 1.29 is 19.4 Å². The number of nitro groups is 1. The summed E-state index contributed by atoms with van der Waals surface area (Å²) < 4.78 is 0. The van der Waals surface area contributed by atoms with Crippen molar-refractivity contribution in [1.82, 2.24) is 0 Å². The molecule has 2 amide bonds. The van der Waals surface area contributed by atoms with Gasteiger partial charge in [-0.25, -0.2) is 0 Å². The number of carbonyl (C=O) groups excluding carboxylic acids is 2. The number of nitro benzene ring substituents is 1. The number of likely N-dealkylation sites (N-methyl/N-ethyl adjacent to an activating group) is 1. The summed E-state index contributed by atoms with van der Waals surface area (Å²) in [6.07, 6.45) is 1.94. The Bertz CT molecular complexity index is 826.